The summed E-state index contributed by atoms with van der Waals surface area (Å²) in [6, 6.07) is 10.6. The van der Waals surface area contributed by atoms with Crippen molar-refractivity contribution in [3.8, 4) is 17.2 Å². The molecule has 11 heteroatoms. The van der Waals surface area contributed by atoms with Crippen LogP contribution in [0.2, 0.25) is 0 Å². The normalized spacial score (nSPS) is 11.3. The van der Waals surface area contributed by atoms with E-state index in [0.717, 1.165) is 23.9 Å². The van der Waals surface area contributed by atoms with Crippen LogP contribution in [0.15, 0.2) is 58.2 Å². The molecule has 146 valence electrons. The Morgan fingerprint density at radius 1 is 1.11 bits per heavy atom. The minimum Gasteiger partial charge on any atom is -0.411 e. The maximum absolute atomic E-state index is 13.7. The van der Waals surface area contributed by atoms with Gasteiger partial charge >= 0.3 is 6.36 Å². The fourth-order valence-corrected chi connectivity index (χ4v) is 2.64. The molecular formula is C17H11F4N3O3S. The lowest BCUT2D eigenvalue weighted by atomic mass is 10.2. The van der Waals surface area contributed by atoms with Crippen LogP contribution >= 0.6 is 11.8 Å². The highest BCUT2D eigenvalue weighted by Crippen LogP contribution is 2.26. The number of nitrogens with one attached hydrogen (secondary N) is 1. The maximum atomic E-state index is 13.7. The van der Waals surface area contributed by atoms with Crippen LogP contribution in [0.25, 0.3) is 11.5 Å². The summed E-state index contributed by atoms with van der Waals surface area (Å²) >= 11 is 0.932. The standard InChI is InChI=1S/C17H11F4N3O3S/c18-13-4-2-1-3-12(13)15-23-24-16(26-15)28-9-14(25)22-10-5-7-11(8-6-10)27-17(19,20)21/h1-8H,9H2,(H,22,25). The van der Waals surface area contributed by atoms with Crippen molar-refractivity contribution in [2.24, 2.45) is 0 Å². The van der Waals surface area contributed by atoms with Crippen molar-refractivity contribution in [2.75, 3.05) is 11.1 Å². The molecule has 0 aliphatic carbocycles. The third kappa shape index (κ3) is 5.46. The Hall–Kier alpha value is -3.08. The minimum absolute atomic E-state index is 0.0127. The van der Waals surface area contributed by atoms with Crippen molar-refractivity contribution in [1.82, 2.24) is 10.2 Å². The van der Waals surface area contributed by atoms with Gasteiger partial charge in [0.2, 0.25) is 5.91 Å². The number of halogens is 4. The van der Waals surface area contributed by atoms with Gasteiger partial charge in [-0.1, -0.05) is 23.9 Å². The fraction of sp³-hybridized carbons (Fsp3) is 0.118. The van der Waals surface area contributed by atoms with Gasteiger partial charge in [-0.15, -0.1) is 23.4 Å². The first kappa shape index (κ1) is 19.7. The van der Waals surface area contributed by atoms with Crippen LogP contribution in [-0.2, 0) is 4.79 Å². The van der Waals surface area contributed by atoms with Gasteiger partial charge in [-0.3, -0.25) is 4.79 Å². The predicted molar refractivity (Wildman–Crippen MR) is 92.2 cm³/mol. The smallest absolute Gasteiger partial charge is 0.411 e. The monoisotopic (exact) mass is 413 g/mol. The summed E-state index contributed by atoms with van der Waals surface area (Å²) in [5, 5.41) is 10.0. The van der Waals surface area contributed by atoms with Gasteiger partial charge in [0.15, 0.2) is 0 Å². The van der Waals surface area contributed by atoms with E-state index in [-0.39, 0.29) is 28.1 Å². The predicted octanol–water partition coefficient (Wildman–Crippen LogP) is 4.51. The van der Waals surface area contributed by atoms with Crippen molar-refractivity contribution in [1.29, 1.82) is 0 Å². The second kappa shape index (κ2) is 8.30. The number of carbonyl (C=O) groups is 1. The number of anilines is 1. The SMILES string of the molecule is O=C(CSc1nnc(-c2ccccc2F)o1)Nc1ccc(OC(F)(F)F)cc1. The molecule has 1 heterocycles. The van der Waals surface area contributed by atoms with Crippen LogP contribution in [-0.4, -0.2) is 28.2 Å². The Morgan fingerprint density at radius 3 is 2.50 bits per heavy atom. The molecule has 0 unspecified atom stereocenters. The largest absolute Gasteiger partial charge is 0.573 e. The van der Waals surface area contributed by atoms with Gasteiger partial charge < -0.3 is 14.5 Å². The van der Waals surface area contributed by atoms with Gasteiger partial charge in [0.1, 0.15) is 11.6 Å². The van der Waals surface area contributed by atoms with Gasteiger partial charge in [-0.05, 0) is 36.4 Å². The number of rotatable bonds is 6. The van der Waals surface area contributed by atoms with Gasteiger partial charge in [0.05, 0.1) is 11.3 Å². The first-order valence-electron chi connectivity index (χ1n) is 7.67. The van der Waals surface area contributed by atoms with Crippen molar-refractivity contribution >= 4 is 23.4 Å². The van der Waals surface area contributed by atoms with Crippen molar-refractivity contribution in [3.05, 3.63) is 54.3 Å². The van der Waals surface area contributed by atoms with E-state index in [2.05, 4.69) is 20.3 Å². The summed E-state index contributed by atoms with van der Waals surface area (Å²) in [4.78, 5) is 11.9. The highest BCUT2D eigenvalue weighted by Gasteiger charge is 2.30. The summed E-state index contributed by atoms with van der Waals surface area (Å²) < 4.78 is 59.1. The Balaban J connectivity index is 1.53. The molecule has 0 saturated carbocycles. The number of amides is 1. The quantitative estimate of drug-likeness (QED) is 0.474. The Kier molecular flexibility index (Phi) is 5.83. The number of carbonyl (C=O) groups excluding carboxylic acids is 1. The fourth-order valence-electron chi connectivity index (χ4n) is 2.08. The first-order chi connectivity index (χ1) is 13.3. The third-order valence-electron chi connectivity index (χ3n) is 3.21. The third-order valence-corrected chi connectivity index (χ3v) is 4.03. The summed E-state index contributed by atoms with van der Waals surface area (Å²) in [6.07, 6.45) is -4.78. The number of ether oxygens (including phenoxy) is 1. The van der Waals surface area contributed by atoms with Gasteiger partial charge in [0.25, 0.3) is 11.1 Å². The second-order valence-corrected chi connectivity index (χ2v) is 6.19. The van der Waals surface area contributed by atoms with E-state index in [0.29, 0.717) is 0 Å². The molecule has 0 aliphatic heterocycles. The minimum atomic E-state index is -4.78. The molecule has 0 radical (unpaired) electrons. The van der Waals surface area contributed by atoms with E-state index in [1.807, 2.05) is 0 Å². The van der Waals surface area contributed by atoms with Crippen molar-refractivity contribution in [2.45, 2.75) is 11.6 Å². The number of aromatic nitrogens is 2. The molecule has 6 nitrogen and oxygen atoms in total. The first-order valence-corrected chi connectivity index (χ1v) is 8.65. The van der Waals surface area contributed by atoms with Gasteiger partial charge in [-0.25, -0.2) is 4.39 Å². The molecule has 0 atom stereocenters. The van der Waals surface area contributed by atoms with E-state index < -0.39 is 23.8 Å². The molecule has 0 aliphatic rings. The molecule has 0 saturated heterocycles. The average Bonchev–Trinajstić information content (AvgIpc) is 3.10. The number of nitrogens with zero attached hydrogens (tertiary/aromatic N) is 2. The molecule has 28 heavy (non-hydrogen) atoms. The summed E-state index contributed by atoms with van der Waals surface area (Å²) in [6.45, 7) is 0. The molecule has 0 fully saturated rings. The van der Waals surface area contributed by atoms with E-state index in [1.165, 1.54) is 30.3 Å². The highest BCUT2D eigenvalue weighted by atomic mass is 32.2. The lowest BCUT2D eigenvalue weighted by Gasteiger charge is -2.09. The zero-order chi connectivity index (χ0) is 20.1. The Bertz CT molecular complexity index is 961. The Labute approximate surface area is 159 Å². The number of alkyl halides is 3. The number of hydrogen-bond acceptors (Lipinski definition) is 6. The number of benzene rings is 2. The molecule has 0 spiro atoms. The van der Waals surface area contributed by atoms with Crippen LogP contribution in [0.4, 0.5) is 23.2 Å². The van der Waals surface area contributed by atoms with Crippen LogP contribution in [0, 0.1) is 5.82 Å². The summed E-state index contributed by atoms with van der Waals surface area (Å²) in [7, 11) is 0. The van der Waals surface area contributed by atoms with E-state index in [4.69, 9.17) is 4.42 Å². The molecule has 3 rings (SSSR count). The molecule has 3 aromatic rings. The summed E-state index contributed by atoms with van der Waals surface area (Å²) in [5.41, 5.74) is 0.435. The van der Waals surface area contributed by atoms with Crippen LogP contribution in [0.3, 0.4) is 0 Å². The molecule has 1 aromatic heterocycles. The summed E-state index contributed by atoms with van der Waals surface area (Å²) in [5.74, 6) is -1.47. The van der Waals surface area contributed by atoms with Crippen molar-refractivity contribution < 1.29 is 31.5 Å². The Morgan fingerprint density at radius 2 is 1.82 bits per heavy atom. The van der Waals surface area contributed by atoms with Crippen LogP contribution in [0.1, 0.15) is 0 Å². The zero-order valence-electron chi connectivity index (χ0n) is 13.9. The van der Waals surface area contributed by atoms with Crippen LogP contribution < -0.4 is 10.1 Å². The second-order valence-electron chi connectivity index (χ2n) is 5.26. The molecule has 2 aromatic carbocycles. The topological polar surface area (TPSA) is 77.2 Å². The van der Waals surface area contributed by atoms with Crippen molar-refractivity contribution in [3.63, 3.8) is 0 Å². The highest BCUT2D eigenvalue weighted by molar-refractivity contribution is 7.99. The maximum Gasteiger partial charge on any atom is 0.573 e. The van der Waals surface area contributed by atoms with E-state index >= 15 is 0 Å². The molecular weight excluding hydrogens is 402 g/mol. The lowest BCUT2D eigenvalue weighted by molar-refractivity contribution is -0.274. The lowest BCUT2D eigenvalue weighted by Crippen LogP contribution is -2.17. The van der Waals surface area contributed by atoms with E-state index in [1.54, 1.807) is 6.07 Å². The number of hydrogen-bond donors (Lipinski definition) is 1. The zero-order valence-corrected chi connectivity index (χ0v) is 14.7. The molecule has 1 amide bonds. The average molecular weight is 413 g/mol. The number of thioether (sulfide) groups is 1. The molecule has 0 bridgehead atoms. The van der Waals surface area contributed by atoms with Crippen LogP contribution in [0.5, 0.6) is 5.75 Å². The van der Waals surface area contributed by atoms with Gasteiger partial charge in [0, 0.05) is 5.69 Å². The van der Waals surface area contributed by atoms with Gasteiger partial charge in [-0.2, -0.15) is 0 Å². The molecule has 1 N–H and O–H groups in total. The van der Waals surface area contributed by atoms with E-state index in [9.17, 15) is 22.4 Å².